The Bertz CT molecular complexity index is 467. The van der Waals surface area contributed by atoms with Crippen LogP contribution in [0.4, 0.5) is 0 Å². The van der Waals surface area contributed by atoms with E-state index in [0.717, 1.165) is 24.2 Å². The normalized spacial score (nSPS) is 17.6. The van der Waals surface area contributed by atoms with Gasteiger partial charge in [-0.25, -0.2) is 4.79 Å². The zero-order valence-electron chi connectivity index (χ0n) is 12.0. The van der Waals surface area contributed by atoms with Gasteiger partial charge in [-0.05, 0) is 49.4 Å². The number of esters is 1. The van der Waals surface area contributed by atoms with Crippen LogP contribution in [0.1, 0.15) is 50.5 Å². The SMILES string of the molecule is COC(=O)C(C)Oc1ccc(Cl)cc1C1CCCCC1. The summed E-state index contributed by atoms with van der Waals surface area (Å²) in [4.78, 5) is 11.5. The van der Waals surface area contributed by atoms with Crippen molar-refractivity contribution in [1.82, 2.24) is 0 Å². The lowest BCUT2D eigenvalue weighted by Gasteiger charge is -2.25. The topological polar surface area (TPSA) is 35.5 Å². The van der Waals surface area contributed by atoms with Crippen LogP contribution in [-0.4, -0.2) is 19.2 Å². The maximum Gasteiger partial charge on any atom is 0.346 e. The molecular formula is C16H21ClO3. The minimum absolute atomic E-state index is 0.366. The van der Waals surface area contributed by atoms with Crippen LogP contribution in [0.2, 0.25) is 5.02 Å². The molecule has 0 bridgehead atoms. The second-order valence-corrected chi connectivity index (χ2v) is 5.74. The number of carbonyl (C=O) groups excluding carboxylic acids is 1. The predicted molar refractivity (Wildman–Crippen MR) is 79.4 cm³/mol. The van der Waals surface area contributed by atoms with E-state index in [0.29, 0.717) is 10.9 Å². The first-order valence-electron chi connectivity index (χ1n) is 7.15. The summed E-state index contributed by atoms with van der Waals surface area (Å²) in [5.41, 5.74) is 1.12. The minimum Gasteiger partial charge on any atom is -0.479 e. The molecule has 1 aromatic carbocycles. The second kappa shape index (κ2) is 6.98. The molecule has 0 amide bonds. The van der Waals surface area contributed by atoms with Gasteiger partial charge in [-0.2, -0.15) is 0 Å². The van der Waals surface area contributed by atoms with Gasteiger partial charge in [-0.15, -0.1) is 0 Å². The van der Waals surface area contributed by atoms with Crippen molar-refractivity contribution in [3.8, 4) is 5.75 Å². The second-order valence-electron chi connectivity index (χ2n) is 5.30. The Morgan fingerprint density at radius 2 is 2.00 bits per heavy atom. The molecule has 2 rings (SSSR count). The zero-order valence-corrected chi connectivity index (χ0v) is 12.8. The average Bonchev–Trinajstić information content (AvgIpc) is 2.49. The van der Waals surface area contributed by atoms with Crippen LogP contribution in [0.3, 0.4) is 0 Å². The number of methoxy groups -OCH3 is 1. The Hall–Kier alpha value is -1.22. The molecule has 3 nitrogen and oxygen atoms in total. The highest BCUT2D eigenvalue weighted by atomic mass is 35.5. The summed E-state index contributed by atoms with van der Waals surface area (Å²) in [6.45, 7) is 1.70. The van der Waals surface area contributed by atoms with E-state index in [4.69, 9.17) is 21.1 Å². The van der Waals surface area contributed by atoms with Gasteiger partial charge in [0.05, 0.1) is 7.11 Å². The molecule has 20 heavy (non-hydrogen) atoms. The summed E-state index contributed by atoms with van der Waals surface area (Å²) < 4.78 is 10.5. The van der Waals surface area contributed by atoms with E-state index in [9.17, 15) is 4.79 Å². The molecule has 0 radical (unpaired) electrons. The van der Waals surface area contributed by atoms with Gasteiger partial charge in [0.2, 0.25) is 0 Å². The Balaban J connectivity index is 2.21. The lowest BCUT2D eigenvalue weighted by Crippen LogP contribution is -2.25. The first-order chi connectivity index (χ1) is 9.61. The Labute approximate surface area is 125 Å². The largest absolute Gasteiger partial charge is 0.479 e. The molecule has 0 heterocycles. The molecule has 0 spiro atoms. The van der Waals surface area contributed by atoms with Crippen LogP contribution >= 0.6 is 11.6 Å². The molecule has 0 aliphatic heterocycles. The van der Waals surface area contributed by atoms with Crippen LogP contribution in [0.15, 0.2) is 18.2 Å². The quantitative estimate of drug-likeness (QED) is 0.776. The van der Waals surface area contributed by atoms with Crippen molar-refractivity contribution in [2.45, 2.75) is 51.0 Å². The molecule has 0 aromatic heterocycles. The highest BCUT2D eigenvalue weighted by molar-refractivity contribution is 6.30. The summed E-state index contributed by atoms with van der Waals surface area (Å²) in [6, 6.07) is 5.62. The third-order valence-corrected chi connectivity index (χ3v) is 4.09. The summed E-state index contributed by atoms with van der Waals surface area (Å²) in [5.74, 6) is 0.857. The first kappa shape index (κ1) is 15.2. The minimum atomic E-state index is -0.608. The van der Waals surface area contributed by atoms with Gasteiger partial charge in [0.25, 0.3) is 0 Å². The number of benzene rings is 1. The van der Waals surface area contributed by atoms with Crippen LogP contribution in [0.5, 0.6) is 5.75 Å². The fraction of sp³-hybridized carbons (Fsp3) is 0.562. The molecule has 1 fully saturated rings. The highest BCUT2D eigenvalue weighted by Gasteiger charge is 2.22. The van der Waals surface area contributed by atoms with Gasteiger partial charge < -0.3 is 9.47 Å². The van der Waals surface area contributed by atoms with Gasteiger partial charge in [0, 0.05) is 5.02 Å². The lowest BCUT2D eigenvalue weighted by molar-refractivity contribution is -0.147. The smallest absolute Gasteiger partial charge is 0.346 e. The molecule has 1 atom stereocenters. The zero-order chi connectivity index (χ0) is 14.5. The number of ether oxygens (including phenoxy) is 2. The molecule has 1 unspecified atom stereocenters. The van der Waals surface area contributed by atoms with Crippen molar-refractivity contribution in [2.75, 3.05) is 7.11 Å². The van der Waals surface area contributed by atoms with Crippen LogP contribution < -0.4 is 4.74 Å². The van der Waals surface area contributed by atoms with Crippen LogP contribution in [-0.2, 0) is 9.53 Å². The number of halogens is 1. The molecule has 1 aliphatic carbocycles. The maximum atomic E-state index is 11.5. The van der Waals surface area contributed by atoms with Crippen molar-refractivity contribution >= 4 is 17.6 Å². The lowest BCUT2D eigenvalue weighted by atomic mass is 9.83. The van der Waals surface area contributed by atoms with Gasteiger partial charge in [-0.1, -0.05) is 30.9 Å². The van der Waals surface area contributed by atoms with E-state index in [-0.39, 0.29) is 5.97 Å². The van der Waals surface area contributed by atoms with Crippen molar-refractivity contribution in [3.05, 3.63) is 28.8 Å². The van der Waals surface area contributed by atoms with Gasteiger partial charge in [0.15, 0.2) is 6.10 Å². The molecular weight excluding hydrogens is 276 g/mol. The summed E-state index contributed by atoms with van der Waals surface area (Å²) in [7, 11) is 1.37. The highest BCUT2D eigenvalue weighted by Crippen LogP contribution is 2.39. The maximum absolute atomic E-state index is 11.5. The summed E-state index contributed by atoms with van der Waals surface area (Å²) >= 11 is 6.12. The Kier molecular flexibility index (Phi) is 5.30. The van der Waals surface area contributed by atoms with Gasteiger partial charge >= 0.3 is 5.97 Å². The number of hydrogen-bond donors (Lipinski definition) is 0. The van der Waals surface area contributed by atoms with E-state index >= 15 is 0 Å². The molecule has 1 saturated carbocycles. The van der Waals surface area contributed by atoms with Crippen LogP contribution in [0.25, 0.3) is 0 Å². The molecule has 4 heteroatoms. The monoisotopic (exact) mass is 296 g/mol. The number of rotatable bonds is 4. The summed E-state index contributed by atoms with van der Waals surface area (Å²) in [5, 5.41) is 0.712. The Morgan fingerprint density at radius 1 is 1.30 bits per heavy atom. The molecule has 0 N–H and O–H groups in total. The fourth-order valence-corrected chi connectivity index (χ4v) is 2.94. The van der Waals surface area contributed by atoms with Crippen molar-refractivity contribution in [3.63, 3.8) is 0 Å². The van der Waals surface area contributed by atoms with E-state index in [2.05, 4.69) is 0 Å². The third-order valence-electron chi connectivity index (χ3n) is 3.85. The molecule has 1 aromatic rings. The van der Waals surface area contributed by atoms with Gasteiger partial charge in [0.1, 0.15) is 5.75 Å². The van der Waals surface area contributed by atoms with Gasteiger partial charge in [-0.3, -0.25) is 0 Å². The Morgan fingerprint density at radius 3 is 2.65 bits per heavy atom. The van der Waals surface area contributed by atoms with Crippen molar-refractivity contribution < 1.29 is 14.3 Å². The first-order valence-corrected chi connectivity index (χ1v) is 7.53. The molecule has 1 aliphatic rings. The third kappa shape index (κ3) is 3.66. The standard InChI is InChI=1S/C16H21ClO3/c1-11(16(18)19-2)20-15-9-8-13(17)10-14(15)12-6-4-3-5-7-12/h8-12H,3-7H2,1-2H3. The van der Waals surface area contributed by atoms with E-state index in [1.54, 1.807) is 13.0 Å². The number of carbonyl (C=O) groups is 1. The van der Waals surface area contributed by atoms with E-state index in [1.165, 1.54) is 26.4 Å². The van der Waals surface area contributed by atoms with Crippen molar-refractivity contribution in [2.24, 2.45) is 0 Å². The van der Waals surface area contributed by atoms with E-state index in [1.807, 2.05) is 12.1 Å². The fourth-order valence-electron chi connectivity index (χ4n) is 2.76. The van der Waals surface area contributed by atoms with Crippen molar-refractivity contribution in [1.29, 1.82) is 0 Å². The molecule has 0 saturated heterocycles. The van der Waals surface area contributed by atoms with E-state index < -0.39 is 6.10 Å². The number of hydrogen-bond acceptors (Lipinski definition) is 3. The summed E-state index contributed by atoms with van der Waals surface area (Å²) in [6.07, 6.45) is 5.48. The molecule has 110 valence electrons. The van der Waals surface area contributed by atoms with Crippen LogP contribution in [0, 0.1) is 0 Å². The average molecular weight is 297 g/mol. The predicted octanol–water partition coefficient (Wildman–Crippen LogP) is 4.33.